The number of amides is 2. The van der Waals surface area contributed by atoms with Gasteiger partial charge < -0.3 is 9.30 Å². The van der Waals surface area contributed by atoms with Gasteiger partial charge in [0.05, 0.1) is 0 Å². The summed E-state index contributed by atoms with van der Waals surface area (Å²) in [5.74, 6) is -0.688. The van der Waals surface area contributed by atoms with Crippen LogP contribution >= 0.6 is 23.2 Å². The van der Waals surface area contributed by atoms with Gasteiger partial charge >= 0.3 is 0 Å². The lowest BCUT2D eigenvalue weighted by molar-refractivity contribution is -0.122. The topological polar surface area (TPSA) is 60.3 Å². The molecule has 1 heterocycles. The molecule has 0 radical (unpaired) electrons. The van der Waals surface area contributed by atoms with Gasteiger partial charge in [0.1, 0.15) is 11.4 Å². The first-order chi connectivity index (χ1) is 9.95. The first kappa shape index (κ1) is 15.4. The molecule has 110 valence electrons. The number of carbonyl (C=O) groups excluding carboxylic acids is 2. The molecule has 0 atom stereocenters. The molecule has 0 aliphatic heterocycles. The Morgan fingerprint density at radius 2 is 1.90 bits per heavy atom. The van der Waals surface area contributed by atoms with Crippen LogP contribution in [0.25, 0.3) is 0 Å². The number of nitrogens with one attached hydrogen (secondary N) is 1. The number of imide groups is 1. The Balaban J connectivity index is 1.90. The van der Waals surface area contributed by atoms with Crippen molar-refractivity contribution < 1.29 is 14.3 Å². The number of hydrogen-bond acceptors (Lipinski definition) is 3. The summed E-state index contributed by atoms with van der Waals surface area (Å²) in [5, 5.41) is 3.03. The van der Waals surface area contributed by atoms with Gasteiger partial charge in [-0.15, -0.1) is 0 Å². The number of carbonyl (C=O) groups is 2. The summed E-state index contributed by atoms with van der Waals surface area (Å²) in [6.45, 7) is -0.313. The molecule has 0 fully saturated rings. The van der Waals surface area contributed by atoms with Gasteiger partial charge in [-0.25, -0.2) is 0 Å². The van der Waals surface area contributed by atoms with Crippen LogP contribution in [0.5, 0.6) is 5.75 Å². The van der Waals surface area contributed by atoms with E-state index in [9.17, 15) is 9.59 Å². The fraction of sp³-hybridized carbons (Fsp3) is 0.143. The van der Waals surface area contributed by atoms with Crippen molar-refractivity contribution in [2.24, 2.45) is 7.05 Å². The maximum absolute atomic E-state index is 11.8. The molecular weight excluding hydrogens is 315 g/mol. The highest BCUT2D eigenvalue weighted by atomic mass is 35.5. The molecule has 0 spiro atoms. The van der Waals surface area contributed by atoms with Crippen LogP contribution in [0.2, 0.25) is 10.0 Å². The van der Waals surface area contributed by atoms with Crippen LogP contribution in [0.1, 0.15) is 10.5 Å². The summed E-state index contributed by atoms with van der Waals surface area (Å²) in [7, 11) is 1.71. The zero-order valence-electron chi connectivity index (χ0n) is 11.1. The standard InChI is InChI=1S/C14H12Cl2N2O3/c1-18-4-2-3-12(18)14(20)17-13(19)8-21-11-6-9(15)5-10(16)7-11/h2-7H,8H2,1H3,(H,17,19,20). The highest BCUT2D eigenvalue weighted by Gasteiger charge is 2.13. The zero-order chi connectivity index (χ0) is 15.4. The minimum atomic E-state index is -0.558. The molecule has 1 aromatic carbocycles. The molecule has 2 aromatic rings. The Morgan fingerprint density at radius 1 is 1.24 bits per heavy atom. The lowest BCUT2D eigenvalue weighted by atomic mass is 10.3. The van der Waals surface area contributed by atoms with E-state index in [0.717, 1.165) is 0 Å². The fourth-order valence-electron chi connectivity index (χ4n) is 1.68. The summed E-state index contributed by atoms with van der Waals surface area (Å²) >= 11 is 11.6. The highest BCUT2D eigenvalue weighted by molar-refractivity contribution is 6.34. The molecule has 1 N–H and O–H groups in total. The van der Waals surface area contributed by atoms with Gasteiger partial charge in [-0.3, -0.25) is 14.9 Å². The monoisotopic (exact) mass is 326 g/mol. The maximum Gasteiger partial charge on any atom is 0.274 e. The normalized spacial score (nSPS) is 10.2. The summed E-state index contributed by atoms with van der Waals surface area (Å²) < 4.78 is 6.85. The van der Waals surface area contributed by atoms with E-state index in [-0.39, 0.29) is 6.61 Å². The minimum absolute atomic E-state index is 0.313. The van der Waals surface area contributed by atoms with E-state index >= 15 is 0 Å². The first-order valence-electron chi connectivity index (χ1n) is 6.00. The largest absolute Gasteiger partial charge is 0.484 e. The van der Waals surface area contributed by atoms with Crippen molar-refractivity contribution in [3.63, 3.8) is 0 Å². The smallest absolute Gasteiger partial charge is 0.274 e. The average Bonchev–Trinajstić information content (AvgIpc) is 2.81. The van der Waals surface area contributed by atoms with Crippen molar-refractivity contribution in [1.29, 1.82) is 0 Å². The molecule has 2 amide bonds. The molecule has 0 aliphatic carbocycles. The molecule has 21 heavy (non-hydrogen) atoms. The number of hydrogen-bond donors (Lipinski definition) is 1. The molecule has 1 aromatic heterocycles. The van der Waals surface area contributed by atoms with Crippen LogP contribution in [-0.4, -0.2) is 23.0 Å². The van der Waals surface area contributed by atoms with E-state index in [1.165, 1.54) is 12.1 Å². The van der Waals surface area contributed by atoms with Gasteiger partial charge in [0.25, 0.3) is 11.8 Å². The second kappa shape index (κ2) is 6.65. The van der Waals surface area contributed by atoms with Crippen LogP contribution in [0.15, 0.2) is 36.5 Å². The maximum atomic E-state index is 11.8. The molecule has 2 rings (SSSR count). The third-order valence-corrected chi connectivity index (χ3v) is 3.07. The summed E-state index contributed by atoms with van der Waals surface area (Å²) in [6, 6.07) is 7.93. The number of ether oxygens (including phenoxy) is 1. The molecular formula is C14H12Cl2N2O3. The lowest BCUT2D eigenvalue weighted by Crippen LogP contribution is -2.35. The predicted octanol–water partition coefficient (Wildman–Crippen LogP) is 2.67. The lowest BCUT2D eigenvalue weighted by Gasteiger charge is -2.08. The minimum Gasteiger partial charge on any atom is -0.484 e. The molecule has 0 saturated heterocycles. The number of rotatable bonds is 4. The molecule has 7 heteroatoms. The molecule has 0 aliphatic rings. The van der Waals surface area contributed by atoms with Gasteiger partial charge in [-0.2, -0.15) is 0 Å². The second-order valence-electron chi connectivity index (χ2n) is 4.28. The van der Waals surface area contributed by atoms with Crippen molar-refractivity contribution in [1.82, 2.24) is 9.88 Å². The van der Waals surface area contributed by atoms with Gasteiger partial charge in [0.15, 0.2) is 6.61 Å². The quantitative estimate of drug-likeness (QED) is 0.939. The Labute approximate surface area is 131 Å². The molecule has 0 unspecified atom stereocenters. The number of nitrogens with zero attached hydrogens (tertiary/aromatic N) is 1. The van der Waals surface area contributed by atoms with Gasteiger partial charge in [0, 0.05) is 23.3 Å². The van der Waals surface area contributed by atoms with Crippen LogP contribution in [0.4, 0.5) is 0 Å². The molecule has 0 saturated carbocycles. The van der Waals surface area contributed by atoms with Crippen LogP contribution < -0.4 is 10.1 Å². The second-order valence-corrected chi connectivity index (χ2v) is 5.15. The third-order valence-electron chi connectivity index (χ3n) is 2.64. The predicted molar refractivity (Wildman–Crippen MR) is 79.8 cm³/mol. The van der Waals surface area contributed by atoms with E-state index < -0.39 is 11.8 Å². The van der Waals surface area contributed by atoms with Gasteiger partial charge in [-0.05, 0) is 30.3 Å². The average molecular weight is 327 g/mol. The summed E-state index contributed by atoms with van der Waals surface area (Å²) in [4.78, 5) is 23.5. The zero-order valence-corrected chi connectivity index (χ0v) is 12.6. The number of aryl methyl sites for hydroxylation is 1. The van der Waals surface area contributed by atoms with Crippen molar-refractivity contribution in [3.05, 3.63) is 52.3 Å². The van der Waals surface area contributed by atoms with Crippen molar-refractivity contribution in [2.75, 3.05) is 6.61 Å². The van der Waals surface area contributed by atoms with Gasteiger partial charge in [0.2, 0.25) is 0 Å². The summed E-state index contributed by atoms with van der Waals surface area (Å²) in [5.41, 5.74) is 0.383. The van der Waals surface area contributed by atoms with Crippen molar-refractivity contribution in [2.45, 2.75) is 0 Å². The van der Waals surface area contributed by atoms with Crippen LogP contribution in [-0.2, 0) is 11.8 Å². The number of benzene rings is 1. The highest BCUT2D eigenvalue weighted by Crippen LogP contribution is 2.23. The van der Waals surface area contributed by atoms with E-state index in [1.54, 1.807) is 36.0 Å². The molecule has 5 nitrogen and oxygen atoms in total. The SMILES string of the molecule is Cn1cccc1C(=O)NC(=O)COc1cc(Cl)cc(Cl)c1. The summed E-state index contributed by atoms with van der Waals surface area (Å²) in [6.07, 6.45) is 1.71. The van der Waals surface area contributed by atoms with Crippen molar-refractivity contribution in [3.8, 4) is 5.75 Å². The Hall–Kier alpha value is -1.98. The Bertz CT molecular complexity index is 662. The van der Waals surface area contributed by atoms with Crippen LogP contribution in [0, 0.1) is 0 Å². The fourth-order valence-corrected chi connectivity index (χ4v) is 2.19. The third kappa shape index (κ3) is 4.24. The van der Waals surface area contributed by atoms with E-state index in [0.29, 0.717) is 21.5 Å². The first-order valence-corrected chi connectivity index (χ1v) is 6.75. The van der Waals surface area contributed by atoms with E-state index in [4.69, 9.17) is 27.9 Å². The molecule has 0 bridgehead atoms. The van der Waals surface area contributed by atoms with Gasteiger partial charge in [-0.1, -0.05) is 23.2 Å². The number of halogens is 2. The van der Waals surface area contributed by atoms with Crippen LogP contribution in [0.3, 0.4) is 0 Å². The Morgan fingerprint density at radius 3 is 2.48 bits per heavy atom. The van der Waals surface area contributed by atoms with E-state index in [1.807, 2.05) is 0 Å². The Kier molecular flexibility index (Phi) is 4.88. The van der Waals surface area contributed by atoms with E-state index in [2.05, 4.69) is 5.32 Å². The number of aromatic nitrogens is 1. The van der Waals surface area contributed by atoms with Crippen molar-refractivity contribution >= 4 is 35.0 Å².